The Kier molecular flexibility index (Phi) is 8.87. The molecule has 9 nitrogen and oxygen atoms in total. The van der Waals surface area contributed by atoms with Gasteiger partial charge in [-0.1, -0.05) is 35.9 Å². The molecule has 34 heavy (non-hydrogen) atoms. The minimum absolute atomic E-state index is 0.0328. The van der Waals surface area contributed by atoms with Gasteiger partial charge < -0.3 is 25.4 Å². The van der Waals surface area contributed by atoms with Gasteiger partial charge in [-0.15, -0.1) is 0 Å². The van der Waals surface area contributed by atoms with E-state index in [-0.39, 0.29) is 5.75 Å². The normalized spacial score (nSPS) is 11.6. The van der Waals surface area contributed by atoms with Crippen molar-refractivity contribution in [2.45, 2.75) is 39.3 Å². The highest BCUT2D eigenvalue weighted by atomic mass is 35.5. The van der Waals surface area contributed by atoms with Crippen molar-refractivity contribution in [1.29, 1.82) is 5.26 Å². The predicted molar refractivity (Wildman–Crippen MR) is 127 cm³/mol. The third-order valence-corrected chi connectivity index (χ3v) is 4.90. The van der Waals surface area contributed by atoms with Gasteiger partial charge in [0.25, 0.3) is 5.91 Å². The molecule has 0 saturated heterocycles. The Balaban J connectivity index is 2.37. The summed E-state index contributed by atoms with van der Waals surface area (Å²) in [6.07, 6.45) is -0.810. The van der Waals surface area contributed by atoms with Gasteiger partial charge in [-0.05, 0) is 57.0 Å². The first-order chi connectivity index (χ1) is 15.9. The number of carbonyl (C=O) groups is 3. The maximum absolute atomic E-state index is 13.4. The Morgan fingerprint density at radius 2 is 1.82 bits per heavy atom. The van der Waals surface area contributed by atoms with Gasteiger partial charge in [0.2, 0.25) is 5.91 Å². The Morgan fingerprint density at radius 3 is 2.38 bits per heavy atom. The lowest BCUT2D eigenvalue weighted by molar-refractivity contribution is -0.137. The van der Waals surface area contributed by atoms with E-state index in [1.165, 1.54) is 24.3 Å². The van der Waals surface area contributed by atoms with E-state index in [0.717, 1.165) is 4.90 Å². The molecule has 0 aliphatic carbocycles. The highest BCUT2D eigenvalue weighted by Gasteiger charge is 2.32. The van der Waals surface area contributed by atoms with Gasteiger partial charge >= 0.3 is 6.09 Å². The van der Waals surface area contributed by atoms with Gasteiger partial charge in [-0.2, -0.15) is 5.26 Å². The average molecular weight is 487 g/mol. The van der Waals surface area contributed by atoms with Crippen LogP contribution in [0.3, 0.4) is 0 Å². The maximum atomic E-state index is 13.4. The molecule has 0 aliphatic rings. The van der Waals surface area contributed by atoms with E-state index in [4.69, 9.17) is 16.3 Å². The van der Waals surface area contributed by atoms with Gasteiger partial charge in [0.05, 0.1) is 16.8 Å². The van der Waals surface area contributed by atoms with Crippen molar-refractivity contribution < 1.29 is 24.2 Å². The first-order valence-corrected chi connectivity index (χ1v) is 10.8. The number of halogens is 1. The molecule has 0 spiro atoms. The van der Waals surface area contributed by atoms with Crippen LogP contribution in [-0.2, 0) is 14.3 Å². The first-order valence-electron chi connectivity index (χ1n) is 10.4. The molecule has 3 amide bonds. The number of carbonyl (C=O) groups excluding carboxylic acids is 3. The van der Waals surface area contributed by atoms with Crippen molar-refractivity contribution in [3.63, 3.8) is 0 Å². The zero-order valence-electron chi connectivity index (χ0n) is 19.4. The third-order valence-electron chi connectivity index (χ3n) is 4.58. The van der Waals surface area contributed by atoms with Crippen LogP contribution in [0.5, 0.6) is 5.75 Å². The van der Waals surface area contributed by atoms with Crippen LogP contribution < -0.4 is 10.6 Å². The molecule has 0 heterocycles. The first kappa shape index (κ1) is 26.5. The molecular weight excluding hydrogens is 460 g/mol. The number of anilines is 1. The SMILES string of the molecule is Cc1cccc(Cl)c1NC(=O)C(c1ccc(O)cc1)N(CC#N)C(=O)CNC(=O)OC(C)(C)C. The standard InChI is InChI=1S/C24H27ClN4O5/c1-15-6-5-7-18(25)20(15)28-22(32)21(16-8-10-17(30)11-9-16)29(13-12-26)19(31)14-27-23(33)34-24(2,3)4/h5-11,21,30H,13-14H2,1-4H3,(H,27,33)(H,28,32). The summed E-state index contributed by atoms with van der Waals surface area (Å²) in [7, 11) is 0. The molecule has 0 saturated carbocycles. The van der Waals surface area contributed by atoms with Gasteiger partial charge in [-0.3, -0.25) is 9.59 Å². The predicted octanol–water partition coefficient (Wildman–Crippen LogP) is 3.91. The summed E-state index contributed by atoms with van der Waals surface area (Å²) in [5.74, 6) is -1.34. The van der Waals surface area contributed by atoms with Crippen molar-refractivity contribution in [1.82, 2.24) is 10.2 Å². The van der Waals surface area contributed by atoms with Crippen LogP contribution in [0.2, 0.25) is 5.02 Å². The third kappa shape index (κ3) is 7.39. The summed E-state index contributed by atoms with van der Waals surface area (Å²) in [4.78, 5) is 39.4. The number of hydrogen-bond donors (Lipinski definition) is 3. The molecule has 3 N–H and O–H groups in total. The molecule has 0 aromatic heterocycles. The fraction of sp³-hybridized carbons (Fsp3) is 0.333. The quantitative estimate of drug-likeness (QED) is 0.508. The second-order valence-corrected chi connectivity index (χ2v) is 8.86. The number of aromatic hydroxyl groups is 1. The van der Waals surface area contributed by atoms with Crippen LogP contribution in [0.25, 0.3) is 0 Å². The monoisotopic (exact) mass is 486 g/mol. The minimum Gasteiger partial charge on any atom is -0.508 e. The summed E-state index contributed by atoms with van der Waals surface area (Å²) < 4.78 is 5.13. The van der Waals surface area contributed by atoms with Gasteiger partial charge in [0.15, 0.2) is 0 Å². The number of benzene rings is 2. The van der Waals surface area contributed by atoms with E-state index in [1.54, 1.807) is 45.9 Å². The number of phenolic OH excluding ortho intramolecular Hbond substituents is 1. The highest BCUT2D eigenvalue weighted by molar-refractivity contribution is 6.34. The molecule has 1 unspecified atom stereocenters. The number of amides is 3. The van der Waals surface area contributed by atoms with Crippen molar-refractivity contribution in [3.8, 4) is 11.8 Å². The zero-order chi connectivity index (χ0) is 25.5. The lowest BCUT2D eigenvalue weighted by Crippen LogP contribution is -2.46. The average Bonchev–Trinajstić information content (AvgIpc) is 2.74. The molecule has 2 aromatic carbocycles. The second kappa shape index (κ2) is 11.4. The molecular formula is C24H27ClN4O5. The molecule has 0 aliphatic heterocycles. The Labute approximate surface area is 203 Å². The zero-order valence-corrected chi connectivity index (χ0v) is 20.1. The van der Waals surface area contributed by atoms with Gasteiger partial charge in [-0.25, -0.2) is 4.79 Å². The summed E-state index contributed by atoms with van der Waals surface area (Å²) in [5, 5.41) is 24.4. The van der Waals surface area contributed by atoms with E-state index < -0.39 is 42.6 Å². The Morgan fingerprint density at radius 1 is 1.18 bits per heavy atom. The number of phenols is 1. The van der Waals surface area contributed by atoms with Gasteiger partial charge in [0, 0.05) is 0 Å². The molecule has 0 fully saturated rings. The number of para-hydroxylation sites is 1. The number of alkyl carbamates (subject to hydrolysis) is 1. The number of aryl methyl sites for hydroxylation is 1. The summed E-state index contributed by atoms with van der Waals surface area (Å²) in [6, 6.07) is 11.4. The number of ether oxygens (including phenoxy) is 1. The molecule has 2 rings (SSSR count). The number of nitriles is 1. The van der Waals surface area contributed by atoms with Gasteiger partial charge in [0.1, 0.15) is 30.5 Å². The number of nitrogens with one attached hydrogen (secondary N) is 2. The lowest BCUT2D eigenvalue weighted by atomic mass is 10.0. The number of nitrogens with zero attached hydrogens (tertiary/aromatic N) is 2. The van der Waals surface area contributed by atoms with Crippen molar-refractivity contribution in [2.24, 2.45) is 0 Å². The number of hydrogen-bond acceptors (Lipinski definition) is 6. The van der Waals surface area contributed by atoms with Crippen molar-refractivity contribution in [2.75, 3.05) is 18.4 Å². The summed E-state index contributed by atoms with van der Waals surface area (Å²) in [5.41, 5.74) is 0.658. The van der Waals surface area contributed by atoms with Crippen LogP contribution in [0.15, 0.2) is 42.5 Å². The Hall–Kier alpha value is -3.77. The molecule has 0 bridgehead atoms. The summed E-state index contributed by atoms with van der Waals surface area (Å²) >= 11 is 6.24. The molecule has 10 heteroatoms. The maximum Gasteiger partial charge on any atom is 0.408 e. The van der Waals surface area contributed by atoms with E-state index in [2.05, 4.69) is 10.6 Å². The molecule has 0 radical (unpaired) electrons. The molecule has 180 valence electrons. The fourth-order valence-corrected chi connectivity index (χ4v) is 3.34. The van der Waals surface area contributed by atoms with Crippen LogP contribution >= 0.6 is 11.6 Å². The van der Waals surface area contributed by atoms with E-state index >= 15 is 0 Å². The molecule has 2 aromatic rings. The van der Waals surface area contributed by atoms with Crippen LogP contribution in [0.4, 0.5) is 10.5 Å². The van der Waals surface area contributed by atoms with Crippen molar-refractivity contribution in [3.05, 3.63) is 58.6 Å². The molecule has 1 atom stereocenters. The number of rotatable bonds is 7. The van der Waals surface area contributed by atoms with E-state index in [1.807, 2.05) is 6.07 Å². The largest absolute Gasteiger partial charge is 0.508 e. The highest BCUT2D eigenvalue weighted by Crippen LogP contribution is 2.29. The van der Waals surface area contributed by atoms with Crippen LogP contribution in [0.1, 0.15) is 37.9 Å². The lowest BCUT2D eigenvalue weighted by Gasteiger charge is -2.30. The Bertz CT molecular complexity index is 1070. The van der Waals surface area contributed by atoms with Crippen LogP contribution in [0, 0.1) is 18.3 Å². The summed E-state index contributed by atoms with van der Waals surface area (Å²) in [6.45, 7) is 5.87. The smallest absolute Gasteiger partial charge is 0.408 e. The topological polar surface area (TPSA) is 132 Å². The van der Waals surface area contributed by atoms with E-state index in [9.17, 15) is 24.8 Å². The fourth-order valence-electron chi connectivity index (χ4n) is 3.07. The van der Waals surface area contributed by atoms with Crippen molar-refractivity contribution >= 4 is 35.2 Å². The minimum atomic E-state index is -1.25. The second-order valence-electron chi connectivity index (χ2n) is 8.45. The van der Waals surface area contributed by atoms with Crippen LogP contribution in [-0.4, -0.2) is 46.6 Å². The van der Waals surface area contributed by atoms with E-state index in [0.29, 0.717) is 21.8 Å².